The SMILES string of the molecule is CCC(C)c1ccc(C(=O)CCNC)cc1. The topological polar surface area (TPSA) is 29.1 Å². The molecule has 0 aliphatic rings. The Kier molecular flexibility index (Phi) is 5.20. The molecule has 0 spiro atoms. The molecule has 1 atom stereocenters. The van der Waals surface area contributed by atoms with Crippen molar-refractivity contribution in [2.45, 2.75) is 32.6 Å². The van der Waals surface area contributed by atoms with Crippen molar-refractivity contribution in [3.63, 3.8) is 0 Å². The highest BCUT2D eigenvalue weighted by atomic mass is 16.1. The Morgan fingerprint density at radius 3 is 2.44 bits per heavy atom. The zero-order valence-corrected chi connectivity index (χ0v) is 10.4. The number of hydrogen-bond donors (Lipinski definition) is 1. The number of benzene rings is 1. The molecule has 0 saturated heterocycles. The second kappa shape index (κ2) is 6.44. The maximum atomic E-state index is 11.7. The second-order valence-corrected chi connectivity index (χ2v) is 4.21. The van der Waals surface area contributed by atoms with Crippen LogP contribution in [0.15, 0.2) is 24.3 Å². The van der Waals surface area contributed by atoms with E-state index in [1.807, 2.05) is 19.2 Å². The zero-order chi connectivity index (χ0) is 12.0. The average Bonchev–Trinajstić information content (AvgIpc) is 2.35. The molecule has 1 aromatic rings. The fourth-order valence-corrected chi connectivity index (χ4v) is 1.62. The third kappa shape index (κ3) is 3.46. The predicted octanol–water partition coefficient (Wildman–Crippen LogP) is 2.99. The molecule has 1 unspecified atom stereocenters. The van der Waals surface area contributed by atoms with Gasteiger partial charge in [-0.3, -0.25) is 4.79 Å². The molecule has 1 aromatic carbocycles. The van der Waals surface area contributed by atoms with Crippen molar-refractivity contribution in [3.05, 3.63) is 35.4 Å². The van der Waals surface area contributed by atoms with Crippen LogP contribution in [0.5, 0.6) is 0 Å². The molecule has 1 rings (SSSR count). The van der Waals surface area contributed by atoms with Gasteiger partial charge < -0.3 is 5.32 Å². The molecule has 0 radical (unpaired) electrons. The van der Waals surface area contributed by atoms with E-state index in [0.29, 0.717) is 12.3 Å². The molecule has 16 heavy (non-hydrogen) atoms. The fourth-order valence-electron chi connectivity index (χ4n) is 1.62. The average molecular weight is 219 g/mol. The monoisotopic (exact) mass is 219 g/mol. The third-order valence-corrected chi connectivity index (χ3v) is 3.02. The van der Waals surface area contributed by atoms with E-state index in [2.05, 4.69) is 31.3 Å². The number of hydrogen-bond acceptors (Lipinski definition) is 2. The molecule has 2 nitrogen and oxygen atoms in total. The number of carbonyl (C=O) groups excluding carboxylic acids is 1. The van der Waals surface area contributed by atoms with Crippen LogP contribution in [0.4, 0.5) is 0 Å². The van der Waals surface area contributed by atoms with Crippen LogP contribution < -0.4 is 5.32 Å². The van der Waals surface area contributed by atoms with Gasteiger partial charge in [-0.2, -0.15) is 0 Å². The highest BCUT2D eigenvalue weighted by molar-refractivity contribution is 5.96. The Morgan fingerprint density at radius 1 is 1.31 bits per heavy atom. The van der Waals surface area contributed by atoms with Gasteiger partial charge in [-0.05, 0) is 24.9 Å². The third-order valence-electron chi connectivity index (χ3n) is 3.02. The predicted molar refractivity (Wildman–Crippen MR) is 68.0 cm³/mol. The van der Waals surface area contributed by atoms with Gasteiger partial charge in [0, 0.05) is 18.5 Å². The van der Waals surface area contributed by atoms with Crippen LogP contribution >= 0.6 is 0 Å². The van der Waals surface area contributed by atoms with Crippen molar-refractivity contribution in [2.24, 2.45) is 0 Å². The van der Waals surface area contributed by atoms with Gasteiger partial charge >= 0.3 is 0 Å². The summed E-state index contributed by atoms with van der Waals surface area (Å²) in [6, 6.07) is 8.03. The van der Waals surface area contributed by atoms with Crippen LogP contribution in [-0.2, 0) is 0 Å². The Balaban J connectivity index is 2.67. The number of nitrogens with one attached hydrogen (secondary N) is 1. The Hall–Kier alpha value is -1.15. The van der Waals surface area contributed by atoms with Gasteiger partial charge in [0.25, 0.3) is 0 Å². The lowest BCUT2D eigenvalue weighted by Gasteiger charge is -2.09. The van der Waals surface area contributed by atoms with E-state index >= 15 is 0 Å². The molecule has 0 bridgehead atoms. The van der Waals surface area contributed by atoms with Crippen molar-refractivity contribution in [1.82, 2.24) is 5.32 Å². The molecule has 2 heteroatoms. The Labute approximate surface area is 98.1 Å². The molecule has 0 amide bonds. The lowest BCUT2D eigenvalue weighted by molar-refractivity contribution is 0.0983. The summed E-state index contributed by atoms with van der Waals surface area (Å²) in [5.41, 5.74) is 2.13. The van der Waals surface area contributed by atoms with Crippen LogP contribution in [0.3, 0.4) is 0 Å². The number of Topliss-reactive ketones (excluding diaryl/α,β-unsaturated/α-hetero) is 1. The van der Waals surface area contributed by atoms with Crippen molar-refractivity contribution in [1.29, 1.82) is 0 Å². The van der Waals surface area contributed by atoms with E-state index in [1.165, 1.54) is 5.56 Å². The van der Waals surface area contributed by atoms with E-state index in [9.17, 15) is 4.79 Å². The van der Waals surface area contributed by atoms with E-state index in [4.69, 9.17) is 0 Å². The summed E-state index contributed by atoms with van der Waals surface area (Å²) in [5, 5.41) is 2.99. The lowest BCUT2D eigenvalue weighted by Crippen LogP contribution is -2.13. The number of carbonyl (C=O) groups is 1. The molecule has 0 aromatic heterocycles. The largest absolute Gasteiger partial charge is 0.319 e. The van der Waals surface area contributed by atoms with Gasteiger partial charge in [-0.1, -0.05) is 38.1 Å². The van der Waals surface area contributed by atoms with E-state index in [0.717, 1.165) is 18.5 Å². The van der Waals surface area contributed by atoms with Crippen LogP contribution in [0.1, 0.15) is 48.5 Å². The normalized spacial score (nSPS) is 12.4. The number of rotatable bonds is 6. The van der Waals surface area contributed by atoms with Gasteiger partial charge in [0.1, 0.15) is 0 Å². The molecule has 0 heterocycles. The minimum atomic E-state index is 0.213. The van der Waals surface area contributed by atoms with Gasteiger partial charge in [0.05, 0.1) is 0 Å². The summed E-state index contributed by atoms with van der Waals surface area (Å²) >= 11 is 0. The summed E-state index contributed by atoms with van der Waals surface area (Å²) in [6.45, 7) is 5.13. The first-order chi connectivity index (χ1) is 7.69. The molecule has 1 N–H and O–H groups in total. The summed E-state index contributed by atoms with van der Waals surface area (Å²) in [5.74, 6) is 0.784. The van der Waals surface area contributed by atoms with Gasteiger partial charge in [0.15, 0.2) is 5.78 Å². The quantitative estimate of drug-likeness (QED) is 0.745. The molecule has 88 valence electrons. The second-order valence-electron chi connectivity index (χ2n) is 4.21. The van der Waals surface area contributed by atoms with Gasteiger partial charge in [-0.15, -0.1) is 0 Å². The molecule has 0 saturated carbocycles. The van der Waals surface area contributed by atoms with Crippen molar-refractivity contribution in [2.75, 3.05) is 13.6 Å². The first kappa shape index (κ1) is 12.9. The standard InChI is InChI=1S/C14H21NO/c1-4-11(2)12-5-7-13(8-6-12)14(16)9-10-15-3/h5-8,11,15H,4,9-10H2,1-3H3. The lowest BCUT2D eigenvalue weighted by atomic mass is 9.96. The summed E-state index contributed by atoms with van der Waals surface area (Å²) in [7, 11) is 1.86. The van der Waals surface area contributed by atoms with E-state index in [-0.39, 0.29) is 5.78 Å². The Morgan fingerprint density at radius 2 is 1.94 bits per heavy atom. The molecule has 0 aliphatic heterocycles. The van der Waals surface area contributed by atoms with Crippen molar-refractivity contribution >= 4 is 5.78 Å². The van der Waals surface area contributed by atoms with Gasteiger partial charge in [-0.25, -0.2) is 0 Å². The first-order valence-corrected chi connectivity index (χ1v) is 5.96. The summed E-state index contributed by atoms with van der Waals surface area (Å²) in [4.78, 5) is 11.7. The fraction of sp³-hybridized carbons (Fsp3) is 0.500. The van der Waals surface area contributed by atoms with Crippen molar-refractivity contribution in [3.8, 4) is 0 Å². The van der Waals surface area contributed by atoms with Crippen LogP contribution in [-0.4, -0.2) is 19.4 Å². The maximum absolute atomic E-state index is 11.7. The Bertz CT molecular complexity index is 329. The molecule has 0 aliphatic carbocycles. The van der Waals surface area contributed by atoms with E-state index < -0.39 is 0 Å². The highest BCUT2D eigenvalue weighted by Gasteiger charge is 2.06. The van der Waals surface area contributed by atoms with Crippen LogP contribution in [0.25, 0.3) is 0 Å². The summed E-state index contributed by atoms with van der Waals surface area (Å²) in [6.07, 6.45) is 1.70. The summed E-state index contributed by atoms with van der Waals surface area (Å²) < 4.78 is 0. The highest BCUT2D eigenvalue weighted by Crippen LogP contribution is 2.19. The van der Waals surface area contributed by atoms with Crippen LogP contribution in [0.2, 0.25) is 0 Å². The minimum Gasteiger partial charge on any atom is -0.319 e. The van der Waals surface area contributed by atoms with E-state index in [1.54, 1.807) is 0 Å². The van der Waals surface area contributed by atoms with Crippen LogP contribution in [0, 0.1) is 0 Å². The first-order valence-electron chi connectivity index (χ1n) is 5.96. The molecular weight excluding hydrogens is 198 g/mol. The maximum Gasteiger partial charge on any atom is 0.164 e. The molecular formula is C14H21NO. The minimum absolute atomic E-state index is 0.213. The zero-order valence-electron chi connectivity index (χ0n) is 10.4. The number of ketones is 1. The molecule has 0 fully saturated rings. The van der Waals surface area contributed by atoms with Crippen molar-refractivity contribution < 1.29 is 4.79 Å². The van der Waals surface area contributed by atoms with Gasteiger partial charge in [0.2, 0.25) is 0 Å². The smallest absolute Gasteiger partial charge is 0.164 e.